The van der Waals surface area contributed by atoms with Gasteiger partial charge >= 0.3 is 0 Å². The second kappa shape index (κ2) is 5.92. The first-order valence-electron chi connectivity index (χ1n) is 9.08. The van der Waals surface area contributed by atoms with Crippen LogP contribution in [0, 0.1) is 20.8 Å². The molecule has 0 unspecified atom stereocenters. The monoisotopic (exact) mass is 370 g/mol. The average Bonchev–Trinajstić information content (AvgIpc) is 3.24. The minimum Gasteiger partial charge on any atom is -0.436 e. The molecule has 6 nitrogen and oxygen atoms in total. The van der Waals surface area contributed by atoms with Gasteiger partial charge in [0.15, 0.2) is 11.2 Å². The molecule has 3 aromatic heterocycles. The van der Waals surface area contributed by atoms with Gasteiger partial charge in [0.25, 0.3) is 5.56 Å². The molecule has 2 aromatic carbocycles. The van der Waals surface area contributed by atoms with Crippen LogP contribution in [0.15, 0.2) is 57.7 Å². The Morgan fingerprint density at radius 1 is 0.929 bits per heavy atom. The first-order chi connectivity index (χ1) is 13.5. The van der Waals surface area contributed by atoms with E-state index in [2.05, 4.69) is 10.1 Å². The Bertz CT molecular complexity index is 1410. The SMILES string of the molecule is Cc1nc2c(-c3ccccc3)c(C)[nH]n2c(=O)c1-c1nc2c(C)cccc2o1. The minimum absolute atomic E-state index is 0.225. The van der Waals surface area contributed by atoms with Crippen LogP contribution in [-0.2, 0) is 0 Å². The Morgan fingerprint density at radius 3 is 2.46 bits per heavy atom. The molecule has 5 rings (SSSR count). The predicted molar refractivity (Wildman–Crippen MR) is 108 cm³/mol. The molecule has 0 aliphatic carbocycles. The highest BCUT2D eigenvalue weighted by Crippen LogP contribution is 2.29. The zero-order chi connectivity index (χ0) is 19.4. The third kappa shape index (κ3) is 2.31. The number of hydrogen-bond donors (Lipinski definition) is 1. The Morgan fingerprint density at radius 2 is 1.71 bits per heavy atom. The maximum atomic E-state index is 13.3. The summed E-state index contributed by atoms with van der Waals surface area (Å²) < 4.78 is 7.36. The molecule has 28 heavy (non-hydrogen) atoms. The van der Waals surface area contributed by atoms with Crippen molar-refractivity contribution in [3.05, 3.63) is 75.8 Å². The Hall–Kier alpha value is -3.67. The van der Waals surface area contributed by atoms with Gasteiger partial charge in [0.1, 0.15) is 11.1 Å². The van der Waals surface area contributed by atoms with E-state index in [1.165, 1.54) is 4.52 Å². The van der Waals surface area contributed by atoms with E-state index < -0.39 is 0 Å². The molecule has 0 aliphatic rings. The number of aryl methyl sites for hydroxylation is 3. The predicted octanol–water partition coefficient (Wildman–Crippen LogP) is 4.42. The van der Waals surface area contributed by atoms with E-state index in [1.807, 2.05) is 69.3 Å². The molecule has 0 spiro atoms. The van der Waals surface area contributed by atoms with E-state index >= 15 is 0 Å². The fourth-order valence-corrected chi connectivity index (χ4v) is 3.68. The van der Waals surface area contributed by atoms with Crippen molar-refractivity contribution in [1.29, 1.82) is 0 Å². The molecule has 5 aromatic rings. The van der Waals surface area contributed by atoms with Gasteiger partial charge in [-0.1, -0.05) is 42.5 Å². The number of fused-ring (bicyclic) bond motifs is 2. The lowest BCUT2D eigenvalue weighted by atomic mass is 10.1. The van der Waals surface area contributed by atoms with Gasteiger partial charge in [-0.15, -0.1) is 0 Å². The molecular weight excluding hydrogens is 352 g/mol. The maximum absolute atomic E-state index is 13.3. The number of nitrogens with zero attached hydrogens (tertiary/aromatic N) is 3. The second-order valence-corrected chi connectivity index (χ2v) is 6.95. The fourth-order valence-electron chi connectivity index (χ4n) is 3.68. The van der Waals surface area contributed by atoms with Gasteiger partial charge < -0.3 is 4.42 Å². The first kappa shape index (κ1) is 16.5. The third-order valence-corrected chi connectivity index (χ3v) is 5.04. The summed E-state index contributed by atoms with van der Waals surface area (Å²) in [6, 6.07) is 15.7. The molecule has 0 amide bonds. The van der Waals surface area contributed by atoms with Gasteiger partial charge in [0.05, 0.1) is 5.69 Å². The van der Waals surface area contributed by atoms with E-state index in [-0.39, 0.29) is 5.56 Å². The van der Waals surface area contributed by atoms with Crippen molar-refractivity contribution in [3.63, 3.8) is 0 Å². The lowest BCUT2D eigenvalue weighted by Crippen LogP contribution is -2.19. The minimum atomic E-state index is -0.225. The Balaban J connectivity index is 1.80. The highest BCUT2D eigenvalue weighted by atomic mass is 16.3. The summed E-state index contributed by atoms with van der Waals surface area (Å²) in [5.41, 5.74) is 6.55. The quantitative estimate of drug-likeness (QED) is 0.499. The van der Waals surface area contributed by atoms with Crippen LogP contribution in [0.25, 0.3) is 39.3 Å². The molecule has 0 radical (unpaired) electrons. The molecular formula is C22H18N4O2. The molecule has 0 bridgehead atoms. The van der Waals surface area contributed by atoms with Crippen LogP contribution >= 0.6 is 0 Å². The van der Waals surface area contributed by atoms with E-state index in [9.17, 15) is 4.79 Å². The van der Waals surface area contributed by atoms with E-state index in [0.29, 0.717) is 28.4 Å². The van der Waals surface area contributed by atoms with E-state index in [1.54, 1.807) is 0 Å². The molecule has 6 heteroatoms. The van der Waals surface area contributed by atoms with Crippen molar-refractivity contribution < 1.29 is 4.42 Å². The van der Waals surface area contributed by atoms with Crippen LogP contribution in [0.3, 0.4) is 0 Å². The number of benzene rings is 2. The molecule has 0 saturated heterocycles. The summed E-state index contributed by atoms with van der Waals surface area (Å²) in [4.78, 5) is 22.6. The summed E-state index contributed by atoms with van der Waals surface area (Å²) >= 11 is 0. The first-order valence-corrected chi connectivity index (χ1v) is 9.08. The molecule has 138 valence electrons. The number of aromatic amines is 1. The largest absolute Gasteiger partial charge is 0.436 e. The average molecular weight is 370 g/mol. The maximum Gasteiger partial charge on any atom is 0.285 e. The van der Waals surface area contributed by atoms with Gasteiger partial charge in [-0.2, -0.15) is 0 Å². The molecule has 3 heterocycles. The summed E-state index contributed by atoms with van der Waals surface area (Å²) in [7, 11) is 0. The highest BCUT2D eigenvalue weighted by molar-refractivity contribution is 5.82. The molecule has 0 saturated carbocycles. The van der Waals surface area contributed by atoms with Crippen molar-refractivity contribution in [2.75, 3.05) is 0 Å². The number of H-pyrrole nitrogens is 1. The van der Waals surface area contributed by atoms with E-state index in [0.717, 1.165) is 27.9 Å². The summed E-state index contributed by atoms with van der Waals surface area (Å²) in [5.74, 6) is 0.294. The number of aromatic nitrogens is 4. The lowest BCUT2D eigenvalue weighted by molar-refractivity contribution is 0.616. The summed E-state index contributed by atoms with van der Waals surface area (Å²) in [5, 5.41) is 3.15. The topological polar surface area (TPSA) is 76.2 Å². The molecule has 0 fully saturated rings. The van der Waals surface area contributed by atoms with Gasteiger partial charge in [-0.05, 0) is 38.0 Å². The number of nitrogens with one attached hydrogen (secondary N) is 1. The van der Waals surface area contributed by atoms with Gasteiger partial charge in [0, 0.05) is 11.3 Å². The van der Waals surface area contributed by atoms with Crippen LogP contribution < -0.4 is 5.56 Å². The Kier molecular flexibility index (Phi) is 3.49. The van der Waals surface area contributed by atoms with Gasteiger partial charge in [-0.25, -0.2) is 14.5 Å². The number of oxazole rings is 1. The van der Waals surface area contributed by atoms with Gasteiger partial charge in [-0.3, -0.25) is 9.89 Å². The van der Waals surface area contributed by atoms with Crippen LogP contribution in [-0.4, -0.2) is 19.6 Å². The highest BCUT2D eigenvalue weighted by Gasteiger charge is 2.22. The van der Waals surface area contributed by atoms with Crippen molar-refractivity contribution in [3.8, 4) is 22.6 Å². The molecule has 0 atom stereocenters. The number of para-hydroxylation sites is 1. The van der Waals surface area contributed by atoms with Crippen molar-refractivity contribution in [1.82, 2.24) is 19.6 Å². The molecule has 1 N–H and O–H groups in total. The van der Waals surface area contributed by atoms with Crippen molar-refractivity contribution in [2.45, 2.75) is 20.8 Å². The molecule has 0 aliphatic heterocycles. The fraction of sp³-hybridized carbons (Fsp3) is 0.136. The zero-order valence-electron chi connectivity index (χ0n) is 15.8. The smallest absolute Gasteiger partial charge is 0.285 e. The number of hydrogen-bond acceptors (Lipinski definition) is 4. The summed E-state index contributed by atoms with van der Waals surface area (Å²) in [6.07, 6.45) is 0. The standard InChI is InChI=1S/C22H18N4O2/c1-12-8-7-11-16-19(12)24-21(28-16)18-13(2)23-20-17(15-9-5-4-6-10-15)14(3)25-26(20)22(18)27/h4-11,25H,1-3H3. The van der Waals surface area contributed by atoms with Crippen molar-refractivity contribution in [2.24, 2.45) is 0 Å². The number of rotatable bonds is 2. The van der Waals surface area contributed by atoms with Crippen LogP contribution in [0.1, 0.15) is 17.0 Å². The lowest BCUT2D eigenvalue weighted by Gasteiger charge is -2.04. The van der Waals surface area contributed by atoms with Crippen LogP contribution in [0.4, 0.5) is 0 Å². The third-order valence-electron chi connectivity index (χ3n) is 5.04. The Labute approximate surface area is 160 Å². The van der Waals surface area contributed by atoms with Crippen LogP contribution in [0.2, 0.25) is 0 Å². The van der Waals surface area contributed by atoms with Crippen LogP contribution in [0.5, 0.6) is 0 Å². The second-order valence-electron chi connectivity index (χ2n) is 6.95. The normalized spacial score (nSPS) is 11.5. The summed E-state index contributed by atoms with van der Waals surface area (Å²) in [6.45, 7) is 5.72. The van der Waals surface area contributed by atoms with E-state index in [4.69, 9.17) is 9.40 Å². The van der Waals surface area contributed by atoms with Gasteiger partial charge in [0.2, 0.25) is 5.89 Å². The van der Waals surface area contributed by atoms with Crippen molar-refractivity contribution >= 4 is 16.7 Å². The zero-order valence-corrected chi connectivity index (χ0v) is 15.8.